The van der Waals surface area contributed by atoms with Crippen LogP contribution in [0.3, 0.4) is 0 Å². The van der Waals surface area contributed by atoms with Gasteiger partial charge in [-0.15, -0.1) is 0 Å². The molecular weight excluding hydrogens is 288 g/mol. The molecule has 0 bridgehead atoms. The van der Waals surface area contributed by atoms with Gasteiger partial charge in [-0.05, 0) is 30.3 Å². The molecular formula is C16H11ClN2O2. The number of benzene rings is 2. The van der Waals surface area contributed by atoms with Crippen LogP contribution in [0.5, 0.6) is 0 Å². The summed E-state index contributed by atoms with van der Waals surface area (Å²) in [4.78, 5) is 11.1. The van der Waals surface area contributed by atoms with Gasteiger partial charge in [0.2, 0.25) is 0 Å². The Morgan fingerprint density at radius 1 is 1.14 bits per heavy atom. The van der Waals surface area contributed by atoms with Gasteiger partial charge in [-0.3, -0.25) is 0 Å². The van der Waals surface area contributed by atoms with Gasteiger partial charge in [0.05, 0.1) is 17.4 Å². The van der Waals surface area contributed by atoms with Gasteiger partial charge in [0.1, 0.15) is 0 Å². The Hall–Kier alpha value is -2.59. The number of para-hydroxylation sites is 1. The van der Waals surface area contributed by atoms with E-state index in [4.69, 9.17) is 16.7 Å². The topological polar surface area (TPSA) is 55.1 Å². The number of hydrogen-bond donors (Lipinski definition) is 1. The minimum Gasteiger partial charge on any atom is -0.478 e. The number of carboxylic acids is 1. The Balaban J connectivity index is 2.04. The van der Waals surface area contributed by atoms with Crippen LogP contribution in [0.4, 0.5) is 0 Å². The van der Waals surface area contributed by atoms with E-state index in [0.29, 0.717) is 10.6 Å². The van der Waals surface area contributed by atoms with Crippen molar-refractivity contribution in [3.63, 3.8) is 0 Å². The fraction of sp³-hybridized carbons (Fsp3) is 0. The van der Waals surface area contributed by atoms with Crippen molar-refractivity contribution >= 4 is 17.6 Å². The molecule has 21 heavy (non-hydrogen) atoms. The molecule has 2 aromatic carbocycles. The van der Waals surface area contributed by atoms with Crippen LogP contribution in [0, 0.1) is 0 Å². The van der Waals surface area contributed by atoms with Crippen molar-refractivity contribution in [3.8, 4) is 16.8 Å². The molecule has 0 radical (unpaired) electrons. The minimum atomic E-state index is -0.983. The smallest absolute Gasteiger partial charge is 0.335 e. The van der Waals surface area contributed by atoms with E-state index in [9.17, 15) is 4.79 Å². The number of aromatic carboxylic acids is 1. The van der Waals surface area contributed by atoms with Gasteiger partial charge in [0.15, 0.2) is 0 Å². The zero-order valence-corrected chi connectivity index (χ0v) is 11.7. The van der Waals surface area contributed by atoms with Gasteiger partial charge in [0, 0.05) is 22.3 Å². The number of nitrogens with zero attached hydrogens (tertiary/aromatic N) is 2. The second kappa shape index (κ2) is 5.42. The Morgan fingerprint density at radius 3 is 2.62 bits per heavy atom. The van der Waals surface area contributed by atoms with Crippen LogP contribution in [0.15, 0.2) is 60.9 Å². The highest BCUT2D eigenvalue weighted by Crippen LogP contribution is 2.29. The average molecular weight is 299 g/mol. The third-order valence-corrected chi connectivity index (χ3v) is 3.46. The molecule has 0 aliphatic carbocycles. The molecule has 3 rings (SSSR count). The lowest BCUT2D eigenvalue weighted by Gasteiger charge is -2.03. The molecule has 0 unspecified atom stereocenters. The number of aromatic nitrogens is 2. The molecule has 1 N–H and O–H groups in total. The molecule has 3 aromatic rings. The molecule has 0 atom stereocenters. The van der Waals surface area contributed by atoms with E-state index >= 15 is 0 Å². The van der Waals surface area contributed by atoms with Crippen LogP contribution in [0.25, 0.3) is 16.8 Å². The molecule has 0 fully saturated rings. The van der Waals surface area contributed by atoms with E-state index in [-0.39, 0.29) is 5.56 Å². The maximum absolute atomic E-state index is 11.1. The molecule has 0 spiro atoms. The van der Waals surface area contributed by atoms with Crippen LogP contribution in [-0.2, 0) is 0 Å². The number of carboxylic acid groups (broad SMARTS) is 1. The highest BCUT2D eigenvalue weighted by molar-refractivity contribution is 6.33. The summed E-state index contributed by atoms with van der Waals surface area (Å²) in [6, 6.07) is 14.3. The van der Waals surface area contributed by atoms with Crippen molar-refractivity contribution in [2.24, 2.45) is 0 Å². The average Bonchev–Trinajstić information content (AvgIpc) is 2.98. The van der Waals surface area contributed by atoms with Crippen molar-refractivity contribution in [2.45, 2.75) is 0 Å². The van der Waals surface area contributed by atoms with Gasteiger partial charge in [-0.1, -0.05) is 29.8 Å². The van der Waals surface area contributed by atoms with Crippen molar-refractivity contribution in [1.82, 2.24) is 9.78 Å². The van der Waals surface area contributed by atoms with Crippen molar-refractivity contribution < 1.29 is 9.90 Å². The summed E-state index contributed by atoms with van der Waals surface area (Å²) in [6.45, 7) is 0. The lowest BCUT2D eigenvalue weighted by Crippen LogP contribution is -1.96. The molecule has 0 aliphatic rings. The first kappa shape index (κ1) is 13.4. The van der Waals surface area contributed by atoms with Crippen LogP contribution >= 0.6 is 11.6 Å². The summed E-state index contributed by atoms with van der Waals surface area (Å²) in [7, 11) is 0. The maximum Gasteiger partial charge on any atom is 0.335 e. The van der Waals surface area contributed by atoms with Crippen molar-refractivity contribution in [3.05, 3.63) is 71.5 Å². The zero-order valence-electron chi connectivity index (χ0n) is 10.9. The largest absolute Gasteiger partial charge is 0.478 e. The summed E-state index contributed by atoms with van der Waals surface area (Å²) in [5.74, 6) is -0.983. The van der Waals surface area contributed by atoms with Crippen LogP contribution < -0.4 is 0 Å². The quantitative estimate of drug-likeness (QED) is 0.798. The van der Waals surface area contributed by atoms with E-state index in [2.05, 4.69) is 5.10 Å². The van der Waals surface area contributed by atoms with Gasteiger partial charge >= 0.3 is 5.97 Å². The van der Waals surface area contributed by atoms with E-state index in [1.165, 1.54) is 6.07 Å². The minimum absolute atomic E-state index is 0.196. The standard InChI is InChI=1S/C16H11ClN2O2/c17-15-7-6-11(16(20)21)8-14(15)12-9-18-19(10-12)13-4-2-1-3-5-13/h1-10H,(H,20,21). The molecule has 5 heteroatoms. The lowest BCUT2D eigenvalue weighted by atomic mass is 10.1. The number of halogens is 1. The third kappa shape index (κ3) is 2.66. The summed E-state index contributed by atoms with van der Waals surface area (Å²) in [5, 5.41) is 13.8. The Morgan fingerprint density at radius 2 is 1.90 bits per heavy atom. The molecule has 1 heterocycles. The number of hydrogen-bond acceptors (Lipinski definition) is 2. The Bertz CT molecular complexity index is 797. The normalized spacial score (nSPS) is 10.5. The Labute approximate surface area is 126 Å². The fourth-order valence-corrected chi connectivity index (χ4v) is 2.29. The van der Waals surface area contributed by atoms with E-state index < -0.39 is 5.97 Å². The van der Waals surface area contributed by atoms with Crippen molar-refractivity contribution in [1.29, 1.82) is 0 Å². The molecule has 0 saturated carbocycles. The van der Waals surface area contributed by atoms with Gasteiger partial charge in [-0.25, -0.2) is 9.48 Å². The zero-order chi connectivity index (χ0) is 14.8. The third-order valence-electron chi connectivity index (χ3n) is 3.13. The van der Waals surface area contributed by atoms with Crippen molar-refractivity contribution in [2.75, 3.05) is 0 Å². The van der Waals surface area contributed by atoms with Crippen LogP contribution in [-0.4, -0.2) is 20.9 Å². The monoisotopic (exact) mass is 298 g/mol. The van der Waals surface area contributed by atoms with Crippen LogP contribution in [0.1, 0.15) is 10.4 Å². The maximum atomic E-state index is 11.1. The lowest BCUT2D eigenvalue weighted by molar-refractivity contribution is 0.0697. The first-order valence-electron chi connectivity index (χ1n) is 6.28. The highest BCUT2D eigenvalue weighted by Gasteiger charge is 2.11. The molecule has 4 nitrogen and oxygen atoms in total. The number of carbonyl (C=O) groups is 1. The predicted octanol–water partition coefficient (Wildman–Crippen LogP) is 3.89. The second-order valence-electron chi connectivity index (χ2n) is 4.51. The predicted molar refractivity (Wildman–Crippen MR) is 81.0 cm³/mol. The second-order valence-corrected chi connectivity index (χ2v) is 4.92. The summed E-state index contributed by atoms with van der Waals surface area (Å²) < 4.78 is 1.72. The van der Waals surface area contributed by atoms with Crippen LogP contribution in [0.2, 0.25) is 5.02 Å². The van der Waals surface area contributed by atoms with E-state index in [0.717, 1.165) is 11.3 Å². The van der Waals surface area contributed by atoms with E-state index in [1.807, 2.05) is 36.5 Å². The first-order valence-corrected chi connectivity index (χ1v) is 6.66. The molecule has 1 aromatic heterocycles. The molecule has 0 amide bonds. The van der Waals surface area contributed by atoms with E-state index in [1.54, 1.807) is 23.0 Å². The fourth-order valence-electron chi connectivity index (χ4n) is 2.06. The number of rotatable bonds is 3. The van der Waals surface area contributed by atoms with Gasteiger partial charge < -0.3 is 5.11 Å². The van der Waals surface area contributed by atoms with Gasteiger partial charge in [0.25, 0.3) is 0 Å². The first-order chi connectivity index (χ1) is 10.1. The highest BCUT2D eigenvalue weighted by atomic mass is 35.5. The molecule has 0 saturated heterocycles. The summed E-state index contributed by atoms with van der Waals surface area (Å²) >= 11 is 6.16. The summed E-state index contributed by atoms with van der Waals surface area (Å²) in [5.41, 5.74) is 2.54. The molecule has 0 aliphatic heterocycles. The molecule has 104 valence electrons. The summed E-state index contributed by atoms with van der Waals surface area (Å²) in [6.07, 6.45) is 3.49. The van der Waals surface area contributed by atoms with Gasteiger partial charge in [-0.2, -0.15) is 5.10 Å². The SMILES string of the molecule is O=C(O)c1ccc(Cl)c(-c2cnn(-c3ccccc3)c2)c1. The Kier molecular flexibility index (Phi) is 3.46.